The summed E-state index contributed by atoms with van der Waals surface area (Å²) < 4.78 is 0. The molecule has 1 N–H and O–H groups in total. The third kappa shape index (κ3) is 2.92. The molecule has 5 nitrogen and oxygen atoms in total. The van der Waals surface area contributed by atoms with Crippen molar-refractivity contribution in [2.24, 2.45) is 5.92 Å². The number of carbonyl (C=O) groups excluding carboxylic acids is 2. The maximum atomic E-state index is 13.9. The van der Waals surface area contributed by atoms with E-state index >= 15 is 0 Å². The highest BCUT2D eigenvalue weighted by atomic mass is 16.2. The van der Waals surface area contributed by atoms with Gasteiger partial charge < -0.3 is 14.8 Å². The SMILES string of the molecule is CC1CCN(C(=O)C2c3ccccc3C(=O)N(C)C2c2c[nH]c3ccccc23)CC1. The van der Waals surface area contributed by atoms with Crippen molar-refractivity contribution in [3.05, 3.63) is 71.4 Å². The van der Waals surface area contributed by atoms with E-state index in [1.165, 1.54) is 0 Å². The van der Waals surface area contributed by atoms with Crippen LogP contribution in [0.25, 0.3) is 10.9 Å². The second-order valence-electron chi connectivity index (χ2n) is 8.72. The molecule has 0 radical (unpaired) electrons. The van der Waals surface area contributed by atoms with Crippen molar-refractivity contribution in [2.45, 2.75) is 31.7 Å². The van der Waals surface area contributed by atoms with Crippen molar-refractivity contribution in [1.29, 1.82) is 0 Å². The first-order valence-corrected chi connectivity index (χ1v) is 10.8. The summed E-state index contributed by atoms with van der Waals surface area (Å²) in [6.07, 6.45) is 4.03. The first-order valence-electron chi connectivity index (χ1n) is 10.8. The molecule has 2 aliphatic heterocycles. The number of hydrogen-bond acceptors (Lipinski definition) is 2. The maximum absolute atomic E-state index is 13.9. The first-order chi connectivity index (χ1) is 14.6. The molecule has 3 heterocycles. The molecule has 1 fully saturated rings. The number of piperidine rings is 1. The van der Waals surface area contributed by atoms with Crippen LogP contribution in [0.5, 0.6) is 0 Å². The Bertz CT molecular complexity index is 1110. The minimum atomic E-state index is -0.406. The van der Waals surface area contributed by atoms with Crippen LogP contribution in [0.15, 0.2) is 54.7 Å². The number of aromatic nitrogens is 1. The van der Waals surface area contributed by atoms with E-state index in [0.717, 1.165) is 48.0 Å². The molecule has 2 aliphatic rings. The predicted molar refractivity (Wildman–Crippen MR) is 117 cm³/mol. The lowest BCUT2D eigenvalue weighted by atomic mass is 9.78. The third-order valence-electron chi connectivity index (χ3n) is 6.88. The summed E-state index contributed by atoms with van der Waals surface area (Å²) in [6, 6.07) is 15.4. The van der Waals surface area contributed by atoms with Crippen LogP contribution < -0.4 is 0 Å². The molecule has 5 rings (SSSR count). The predicted octanol–water partition coefficient (Wildman–Crippen LogP) is 4.34. The Kier molecular flexibility index (Phi) is 4.61. The molecule has 2 atom stereocenters. The number of amides is 2. The van der Waals surface area contributed by atoms with E-state index < -0.39 is 5.92 Å². The second-order valence-corrected chi connectivity index (χ2v) is 8.72. The zero-order valence-corrected chi connectivity index (χ0v) is 17.5. The Hall–Kier alpha value is -3.08. The van der Waals surface area contributed by atoms with Crippen LogP contribution in [0.3, 0.4) is 0 Å². The Morgan fingerprint density at radius 2 is 1.70 bits per heavy atom. The number of fused-ring (bicyclic) bond motifs is 2. The van der Waals surface area contributed by atoms with Crippen LogP contribution in [0.2, 0.25) is 0 Å². The van der Waals surface area contributed by atoms with Crippen molar-refractivity contribution < 1.29 is 9.59 Å². The standard InChI is InChI=1S/C25H27N3O2/c1-16-11-13-28(14-12-16)25(30)22-18-8-3-4-9-19(18)24(29)27(2)23(22)20-15-26-21-10-6-5-7-17(20)21/h3-10,15-16,22-23,26H,11-14H2,1-2H3. The smallest absolute Gasteiger partial charge is 0.254 e. The van der Waals surface area contributed by atoms with E-state index in [-0.39, 0.29) is 17.9 Å². The fraction of sp³-hybridized carbons (Fsp3) is 0.360. The van der Waals surface area contributed by atoms with Crippen LogP contribution in [0, 0.1) is 5.92 Å². The van der Waals surface area contributed by atoms with Gasteiger partial charge in [-0.05, 0) is 36.5 Å². The Labute approximate surface area is 176 Å². The summed E-state index contributed by atoms with van der Waals surface area (Å²) in [5.41, 5.74) is 3.50. The highest BCUT2D eigenvalue weighted by Gasteiger charge is 2.45. The van der Waals surface area contributed by atoms with Gasteiger partial charge in [0.25, 0.3) is 5.91 Å². The van der Waals surface area contributed by atoms with Gasteiger partial charge in [-0.15, -0.1) is 0 Å². The summed E-state index contributed by atoms with van der Waals surface area (Å²) >= 11 is 0. The molecular weight excluding hydrogens is 374 g/mol. The lowest BCUT2D eigenvalue weighted by Gasteiger charge is -2.42. The number of nitrogens with zero attached hydrogens (tertiary/aromatic N) is 2. The number of likely N-dealkylation sites (tertiary alicyclic amines) is 1. The summed E-state index contributed by atoms with van der Waals surface area (Å²) in [6.45, 7) is 3.83. The zero-order chi connectivity index (χ0) is 20.8. The first kappa shape index (κ1) is 18.9. The van der Waals surface area contributed by atoms with E-state index in [9.17, 15) is 9.59 Å². The summed E-state index contributed by atoms with van der Waals surface area (Å²) in [5, 5.41) is 1.06. The largest absolute Gasteiger partial charge is 0.361 e. The van der Waals surface area contributed by atoms with Gasteiger partial charge >= 0.3 is 0 Å². The Morgan fingerprint density at radius 3 is 2.50 bits per heavy atom. The van der Waals surface area contributed by atoms with Crippen molar-refractivity contribution in [2.75, 3.05) is 20.1 Å². The third-order valence-corrected chi connectivity index (χ3v) is 6.88. The summed E-state index contributed by atoms with van der Waals surface area (Å²) in [5.74, 6) is 0.346. The number of nitrogens with one attached hydrogen (secondary N) is 1. The number of aromatic amines is 1. The Morgan fingerprint density at radius 1 is 1.00 bits per heavy atom. The number of para-hydroxylation sites is 1. The molecule has 0 saturated carbocycles. The van der Waals surface area contributed by atoms with Crippen molar-refractivity contribution in [3.63, 3.8) is 0 Å². The molecular formula is C25H27N3O2. The fourth-order valence-electron chi connectivity index (χ4n) is 5.09. The van der Waals surface area contributed by atoms with E-state index in [0.29, 0.717) is 11.5 Å². The molecule has 2 unspecified atom stereocenters. The highest BCUT2D eigenvalue weighted by molar-refractivity contribution is 6.02. The van der Waals surface area contributed by atoms with Gasteiger partial charge in [-0.1, -0.05) is 43.3 Å². The lowest BCUT2D eigenvalue weighted by Crippen LogP contribution is -2.48. The molecule has 1 saturated heterocycles. The topological polar surface area (TPSA) is 56.4 Å². The van der Waals surface area contributed by atoms with E-state index in [4.69, 9.17) is 0 Å². The number of likely N-dealkylation sites (N-methyl/N-ethyl adjacent to an activating group) is 1. The Balaban J connectivity index is 1.65. The van der Waals surface area contributed by atoms with Gasteiger partial charge in [0.2, 0.25) is 5.91 Å². The van der Waals surface area contributed by atoms with Crippen LogP contribution in [-0.2, 0) is 4.79 Å². The molecule has 0 bridgehead atoms. The van der Waals surface area contributed by atoms with Crippen molar-refractivity contribution in [1.82, 2.24) is 14.8 Å². The molecule has 154 valence electrons. The lowest BCUT2D eigenvalue weighted by molar-refractivity contribution is -0.135. The fourth-order valence-corrected chi connectivity index (χ4v) is 5.09. The quantitative estimate of drug-likeness (QED) is 0.695. The van der Waals surface area contributed by atoms with E-state index in [1.807, 2.05) is 60.6 Å². The minimum Gasteiger partial charge on any atom is -0.361 e. The van der Waals surface area contributed by atoms with Gasteiger partial charge in [0, 0.05) is 48.4 Å². The molecule has 2 aromatic carbocycles. The number of carbonyl (C=O) groups is 2. The van der Waals surface area contributed by atoms with E-state index in [1.54, 1.807) is 4.90 Å². The molecule has 2 amide bonds. The maximum Gasteiger partial charge on any atom is 0.254 e. The number of benzene rings is 2. The molecule has 1 aromatic heterocycles. The molecule has 3 aromatic rings. The van der Waals surface area contributed by atoms with Gasteiger partial charge in [0.1, 0.15) is 0 Å². The number of rotatable bonds is 2. The molecule has 0 spiro atoms. The molecule has 5 heteroatoms. The zero-order valence-electron chi connectivity index (χ0n) is 17.5. The van der Waals surface area contributed by atoms with Gasteiger partial charge in [0.05, 0.1) is 12.0 Å². The van der Waals surface area contributed by atoms with Gasteiger partial charge in [-0.25, -0.2) is 0 Å². The van der Waals surface area contributed by atoms with Gasteiger partial charge in [0.15, 0.2) is 0 Å². The average Bonchev–Trinajstić information content (AvgIpc) is 3.20. The number of hydrogen-bond donors (Lipinski definition) is 1. The monoisotopic (exact) mass is 401 g/mol. The second kappa shape index (κ2) is 7.31. The normalized spacial score (nSPS) is 22.4. The van der Waals surface area contributed by atoms with Gasteiger partial charge in [-0.2, -0.15) is 0 Å². The average molecular weight is 402 g/mol. The van der Waals surface area contributed by atoms with Crippen LogP contribution in [0.1, 0.15) is 53.2 Å². The van der Waals surface area contributed by atoms with Crippen LogP contribution in [0.4, 0.5) is 0 Å². The molecule has 0 aliphatic carbocycles. The highest BCUT2D eigenvalue weighted by Crippen LogP contribution is 2.45. The molecule has 30 heavy (non-hydrogen) atoms. The van der Waals surface area contributed by atoms with Crippen LogP contribution in [-0.4, -0.2) is 46.7 Å². The minimum absolute atomic E-state index is 0.0304. The summed E-state index contributed by atoms with van der Waals surface area (Å²) in [7, 11) is 1.82. The summed E-state index contributed by atoms with van der Waals surface area (Å²) in [4.78, 5) is 34.2. The van der Waals surface area contributed by atoms with E-state index in [2.05, 4.69) is 18.0 Å². The van der Waals surface area contributed by atoms with Gasteiger partial charge in [-0.3, -0.25) is 9.59 Å². The van der Waals surface area contributed by atoms with Crippen LogP contribution >= 0.6 is 0 Å². The van der Waals surface area contributed by atoms with Crippen molar-refractivity contribution >= 4 is 22.7 Å². The van der Waals surface area contributed by atoms with Crippen molar-refractivity contribution in [3.8, 4) is 0 Å². The number of H-pyrrole nitrogens is 1.